The zero-order valence-electron chi connectivity index (χ0n) is 8.88. The molecule has 0 bridgehead atoms. The van der Waals surface area contributed by atoms with Gasteiger partial charge in [-0.15, -0.1) is 0 Å². The fourth-order valence-electron chi connectivity index (χ4n) is 1.31. The molecule has 0 unspecified atom stereocenters. The molecule has 1 aromatic carbocycles. The highest BCUT2D eigenvalue weighted by Crippen LogP contribution is 2.27. The van der Waals surface area contributed by atoms with Crippen LogP contribution in [-0.4, -0.2) is 27.7 Å². The molecule has 0 saturated carbocycles. The van der Waals surface area contributed by atoms with Crippen molar-refractivity contribution >= 4 is 32.7 Å². The van der Waals surface area contributed by atoms with Crippen molar-refractivity contribution in [3.05, 3.63) is 17.8 Å². The second-order valence-corrected chi connectivity index (χ2v) is 4.20. The molecule has 1 heterocycles. The molecule has 17 heavy (non-hydrogen) atoms. The molecule has 0 atom stereocenters. The summed E-state index contributed by atoms with van der Waals surface area (Å²) in [6, 6.07) is 1.84. The topological polar surface area (TPSA) is 155 Å². The third kappa shape index (κ3) is 3.59. The lowest BCUT2D eigenvalue weighted by molar-refractivity contribution is 0.381. The van der Waals surface area contributed by atoms with E-state index in [0.29, 0.717) is 5.69 Å². The van der Waals surface area contributed by atoms with Crippen LogP contribution in [0.25, 0.3) is 10.9 Å². The van der Waals surface area contributed by atoms with Crippen molar-refractivity contribution < 1.29 is 17.5 Å². The summed E-state index contributed by atoms with van der Waals surface area (Å²) >= 11 is 0. The quantitative estimate of drug-likeness (QED) is 0.338. The van der Waals surface area contributed by atoms with Gasteiger partial charge < -0.3 is 11.5 Å². The number of aromatic nitrogens is 2. The molecule has 9 heteroatoms. The van der Waals surface area contributed by atoms with Crippen molar-refractivity contribution in [2.24, 2.45) is 0 Å². The number of nitrogens with one attached hydrogen (secondary N) is 1. The number of nitrogens with two attached hydrogens (primary N) is 2. The van der Waals surface area contributed by atoms with Gasteiger partial charge in [0.2, 0.25) is 0 Å². The second kappa shape index (κ2) is 4.57. The summed E-state index contributed by atoms with van der Waals surface area (Å²) in [6.45, 7) is 1.93. The largest absolute Gasteiger partial charge is 0.398 e. The van der Waals surface area contributed by atoms with Crippen LogP contribution in [0.2, 0.25) is 0 Å². The summed E-state index contributed by atoms with van der Waals surface area (Å²) in [5.41, 5.74) is 14.8. The van der Waals surface area contributed by atoms with Crippen molar-refractivity contribution in [2.75, 3.05) is 11.5 Å². The van der Waals surface area contributed by atoms with Crippen molar-refractivity contribution in [3.8, 4) is 0 Å². The van der Waals surface area contributed by atoms with Gasteiger partial charge in [0.15, 0.2) is 0 Å². The van der Waals surface area contributed by atoms with E-state index >= 15 is 0 Å². The first-order chi connectivity index (χ1) is 7.70. The number of fused-ring (bicyclic) bond motifs is 1. The predicted molar refractivity (Wildman–Crippen MR) is 63.8 cm³/mol. The Labute approximate surface area is 97.2 Å². The molecular weight excluding hydrogens is 248 g/mol. The van der Waals surface area contributed by atoms with E-state index in [1.165, 1.54) is 0 Å². The Balaban J connectivity index is 0.000000249. The van der Waals surface area contributed by atoms with Gasteiger partial charge in [-0.1, -0.05) is 0 Å². The van der Waals surface area contributed by atoms with Crippen LogP contribution in [0.1, 0.15) is 5.56 Å². The Bertz CT molecular complexity index is 626. The van der Waals surface area contributed by atoms with Gasteiger partial charge in [0.1, 0.15) is 0 Å². The van der Waals surface area contributed by atoms with Crippen LogP contribution in [0, 0.1) is 6.92 Å². The minimum absolute atomic E-state index is 0.689. The third-order valence-electron chi connectivity index (χ3n) is 2.02. The molecule has 0 radical (unpaired) electrons. The smallest absolute Gasteiger partial charge is 0.394 e. The number of anilines is 2. The third-order valence-corrected chi connectivity index (χ3v) is 2.02. The van der Waals surface area contributed by atoms with Crippen LogP contribution in [0.15, 0.2) is 12.3 Å². The molecule has 1 aromatic heterocycles. The number of aromatic amines is 1. The number of nitrogen functional groups attached to an aromatic ring is 2. The molecular formula is C8H12N4O4S. The second-order valence-electron chi connectivity index (χ2n) is 3.30. The maximum atomic E-state index is 8.74. The van der Waals surface area contributed by atoms with Crippen LogP contribution in [0.4, 0.5) is 11.4 Å². The Morgan fingerprint density at radius 3 is 2.41 bits per heavy atom. The summed E-state index contributed by atoms with van der Waals surface area (Å²) < 4.78 is 31.6. The van der Waals surface area contributed by atoms with Gasteiger partial charge >= 0.3 is 10.4 Å². The van der Waals surface area contributed by atoms with Crippen molar-refractivity contribution in [1.82, 2.24) is 10.2 Å². The SMILES string of the molecule is Cc1cc(N)c2[nH]ncc2c1N.O=S(=O)(O)O. The first-order valence-corrected chi connectivity index (χ1v) is 5.77. The molecule has 8 nitrogen and oxygen atoms in total. The fourth-order valence-corrected chi connectivity index (χ4v) is 1.31. The highest BCUT2D eigenvalue weighted by molar-refractivity contribution is 7.79. The molecule has 7 N–H and O–H groups in total. The monoisotopic (exact) mass is 260 g/mol. The first kappa shape index (κ1) is 13.2. The van der Waals surface area contributed by atoms with Gasteiger partial charge in [-0.3, -0.25) is 14.2 Å². The van der Waals surface area contributed by atoms with E-state index in [1.54, 1.807) is 6.20 Å². The minimum Gasteiger partial charge on any atom is -0.398 e. The highest BCUT2D eigenvalue weighted by Gasteiger charge is 2.05. The van der Waals surface area contributed by atoms with E-state index in [4.69, 9.17) is 29.0 Å². The van der Waals surface area contributed by atoms with E-state index in [0.717, 1.165) is 22.2 Å². The number of aryl methyl sites for hydroxylation is 1. The summed E-state index contributed by atoms with van der Waals surface area (Å²) in [5.74, 6) is 0. The van der Waals surface area contributed by atoms with Crippen molar-refractivity contribution in [1.29, 1.82) is 0 Å². The predicted octanol–water partition coefficient (Wildman–Crippen LogP) is 0.383. The molecule has 0 fully saturated rings. The van der Waals surface area contributed by atoms with Crippen molar-refractivity contribution in [2.45, 2.75) is 6.92 Å². The van der Waals surface area contributed by atoms with E-state index in [1.807, 2.05) is 13.0 Å². The van der Waals surface area contributed by atoms with Crippen LogP contribution in [0.3, 0.4) is 0 Å². The highest BCUT2D eigenvalue weighted by atomic mass is 32.3. The summed E-state index contributed by atoms with van der Waals surface area (Å²) in [6.07, 6.45) is 1.69. The number of nitrogens with zero attached hydrogens (tertiary/aromatic N) is 1. The maximum Gasteiger partial charge on any atom is 0.394 e. The summed E-state index contributed by atoms with van der Waals surface area (Å²) in [4.78, 5) is 0. The normalized spacial score (nSPS) is 11.0. The lowest BCUT2D eigenvalue weighted by Gasteiger charge is -2.02. The molecule has 0 spiro atoms. The van der Waals surface area contributed by atoms with Gasteiger partial charge in [0.05, 0.1) is 17.4 Å². The number of hydrogen-bond acceptors (Lipinski definition) is 5. The lowest BCUT2D eigenvalue weighted by Crippen LogP contribution is -1.94. The zero-order chi connectivity index (χ0) is 13.2. The average molecular weight is 260 g/mol. The molecule has 94 valence electrons. The summed E-state index contributed by atoms with van der Waals surface area (Å²) in [5, 5.41) is 7.58. The van der Waals surface area contributed by atoms with Gasteiger partial charge in [0, 0.05) is 11.1 Å². The molecule has 0 aliphatic heterocycles. The summed E-state index contributed by atoms with van der Waals surface area (Å²) in [7, 11) is -4.67. The van der Waals surface area contributed by atoms with Crippen LogP contribution >= 0.6 is 0 Å². The van der Waals surface area contributed by atoms with Gasteiger partial charge in [0.25, 0.3) is 0 Å². The molecule has 2 aromatic rings. The average Bonchev–Trinajstić information content (AvgIpc) is 2.60. The Morgan fingerprint density at radius 2 is 1.88 bits per heavy atom. The number of hydrogen-bond donors (Lipinski definition) is 5. The molecule has 2 rings (SSSR count). The van der Waals surface area contributed by atoms with E-state index in [2.05, 4.69) is 10.2 Å². The fraction of sp³-hybridized carbons (Fsp3) is 0.125. The molecule has 0 aliphatic carbocycles. The van der Waals surface area contributed by atoms with Crippen LogP contribution in [-0.2, 0) is 10.4 Å². The number of H-pyrrole nitrogens is 1. The van der Waals surface area contributed by atoms with Gasteiger partial charge in [-0.25, -0.2) is 0 Å². The van der Waals surface area contributed by atoms with E-state index in [-0.39, 0.29) is 0 Å². The standard InChI is InChI=1S/C8H10N4.H2O4S/c1-4-2-6(9)8-5(7(4)10)3-11-12-8;1-5(2,3)4/h2-3H,9-10H2,1H3,(H,11,12);(H2,1,2,3,4). The first-order valence-electron chi connectivity index (χ1n) is 4.37. The minimum atomic E-state index is -4.67. The molecule has 0 saturated heterocycles. The maximum absolute atomic E-state index is 8.74. The van der Waals surface area contributed by atoms with Crippen molar-refractivity contribution in [3.63, 3.8) is 0 Å². The molecule has 0 amide bonds. The number of benzene rings is 1. The number of rotatable bonds is 0. The van der Waals surface area contributed by atoms with Crippen LogP contribution < -0.4 is 11.5 Å². The van der Waals surface area contributed by atoms with E-state index in [9.17, 15) is 0 Å². The Hall–Kier alpha value is -1.84. The van der Waals surface area contributed by atoms with Crippen LogP contribution in [0.5, 0.6) is 0 Å². The molecule has 0 aliphatic rings. The van der Waals surface area contributed by atoms with Gasteiger partial charge in [-0.2, -0.15) is 13.5 Å². The van der Waals surface area contributed by atoms with E-state index < -0.39 is 10.4 Å². The Morgan fingerprint density at radius 1 is 1.35 bits per heavy atom. The Kier molecular flexibility index (Phi) is 3.56. The van der Waals surface area contributed by atoms with Gasteiger partial charge in [-0.05, 0) is 18.6 Å². The lowest BCUT2D eigenvalue weighted by atomic mass is 10.1. The zero-order valence-corrected chi connectivity index (χ0v) is 9.69.